The maximum Gasteiger partial charge on any atom is 0.240 e. The molecule has 2 saturated heterocycles. The Hall–Kier alpha value is -1.27. The first kappa shape index (κ1) is 20.6. The van der Waals surface area contributed by atoms with Crippen LogP contribution in [0.25, 0.3) is 10.8 Å². The standard InChI is InChI=1S/C24H30ClN3OS/c25-19-8-6-18-16-22(9-7-17(18)15-19)30-26-23-5-2-12-28(24(23)29)21-10-13-27(14-11-21)20-3-1-4-20/h6-9,15-16,20-21,23,26H,1-5,10-14H2/t23-/m0/s1. The lowest BCUT2D eigenvalue weighted by Crippen LogP contribution is -2.56. The molecule has 3 fully saturated rings. The minimum absolute atomic E-state index is 0.0886. The van der Waals surface area contributed by atoms with Gasteiger partial charge in [0.2, 0.25) is 5.91 Å². The zero-order valence-corrected chi connectivity index (χ0v) is 18.9. The second-order valence-electron chi connectivity index (χ2n) is 8.95. The quantitative estimate of drug-likeness (QED) is 0.652. The van der Waals surface area contributed by atoms with Gasteiger partial charge in [-0.25, -0.2) is 4.72 Å². The number of amides is 1. The molecule has 2 aromatic rings. The highest BCUT2D eigenvalue weighted by Gasteiger charge is 2.36. The SMILES string of the molecule is O=C1[C@@H](NSc2ccc3cc(Cl)ccc3c2)CCCN1C1CCN(C2CCC2)CC1. The molecule has 2 heterocycles. The lowest BCUT2D eigenvalue weighted by Gasteiger charge is -2.45. The molecular formula is C24H30ClN3OS. The van der Waals surface area contributed by atoms with Crippen LogP contribution in [0, 0.1) is 0 Å². The van der Waals surface area contributed by atoms with Gasteiger partial charge < -0.3 is 9.80 Å². The fourth-order valence-corrected chi connectivity index (χ4v) is 6.08. The summed E-state index contributed by atoms with van der Waals surface area (Å²) in [5.41, 5.74) is 0. The first-order chi connectivity index (χ1) is 14.7. The number of hydrogen-bond acceptors (Lipinski definition) is 4. The third-order valence-corrected chi connectivity index (χ3v) is 8.22. The highest BCUT2D eigenvalue weighted by molar-refractivity contribution is 7.97. The molecule has 0 radical (unpaired) electrons. The Morgan fingerprint density at radius 3 is 2.40 bits per heavy atom. The molecule has 1 saturated carbocycles. The van der Waals surface area contributed by atoms with Crippen molar-refractivity contribution in [2.45, 2.75) is 68.0 Å². The number of halogens is 1. The minimum Gasteiger partial charge on any atom is -0.338 e. The van der Waals surface area contributed by atoms with Crippen molar-refractivity contribution in [3.05, 3.63) is 41.4 Å². The van der Waals surface area contributed by atoms with E-state index >= 15 is 0 Å². The molecular weight excluding hydrogens is 414 g/mol. The first-order valence-electron chi connectivity index (χ1n) is 11.3. The summed E-state index contributed by atoms with van der Waals surface area (Å²) in [5.74, 6) is 0.295. The minimum atomic E-state index is -0.0886. The Morgan fingerprint density at radius 1 is 0.867 bits per heavy atom. The van der Waals surface area contributed by atoms with Gasteiger partial charge in [0.1, 0.15) is 0 Å². The molecule has 4 nitrogen and oxygen atoms in total. The van der Waals surface area contributed by atoms with Crippen LogP contribution in [-0.2, 0) is 4.79 Å². The molecule has 0 spiro atoms. The number of carbonyl (C=O) groups is 1. The van der Waals surface area contributed by atoms with E-state index in [1.54, 1.807) is 11.9 Å². The molecule has 30 heavy (non-hydrogen) atoms. The molecule has 0 aromatic heterocycles. The third-order valence-electron chi connectivity index (χ3n) is 7.10. The van der Waals surface area contributed by atoms with Gasteiger partial charge >= 0.3 is 0 Å². The van der Waals surface area contributed by atoms with E-state index in [1.165, 1.54) is 24.6 Å². The number of fused-ring (bicyclic) bond motifs is 1. The molecule has 6 heteroatoms. The van der Waals surface area contributed by atoms with Crippen LogP contribution in [0.2, 0.25) is 5.02 Å². The fraction of sp³-hybridized carbons (Fsp3) is 0.542. The first-order valence-corrected chi connectivity index (χ1v) is 12.5. The summed E-state index contributed by atoms with van der Waals surface area (Å²) in [4.78, 5) is 19.2. The van der Waals surface area contributed by atoms with Crippen LogP contribution in [0.3, 0.4) is 0 Å². The number of likely N-dealkylation sites (tertiary alicyclic amines) is 2. The molecule has 1 aliphatic carbocycles. The van der Waals surface area contributed by atoms with Crippen molar-refractivity contribution in [3.63, 3.8) is 0 Å². The van der Waals surface area contributed by atoms with Gasteiger partial charge in [-0.1, -0.05) is 30.2 Å². The van der Waals surface area contributed by atoms with E-state index in [4.69, 9.17) is 11.6 Å². The Labute approximate surface area is 188 Å². The highest BCUT2D eigenvalue weighted by Crippen LogP contribution is 2.30. The lowest BCUT2D eigenvalue weighted by molar-refractivity contribution is -0.139. The Morgan fingerprint density at radius 2 is 1.63 bits per heavy atom. The third kappa shape index (κ3) is 4.36. The van der Waals surface area contributed by atoms with Crippen molar-refractivity contribution in [2.24, 2.45) is 0 Å². The number of carbonyl (C=O) groups excluding carboxylic acids is 1. The number of piperidine rings is 2. The molecule has 0 unspecified atom stereocenters. The normalized spacial score (nSPS) is 24.4. The zero-order chi connectivity index (χ0) is 20.5. The number of rotatable bonds is 5. The predicted octanol–water partition coefficient (Wildman–Crippen LogP) is 5.10. The van der Waals surface area contributed by atoms with Crippen molar-refractivity contribution in [1.29, 1.82) is 0 Å². The fourth-order valence-electron chi connectivity index (χ4n) is 5.08. The van der Waals surface area contributed by atoms with Crippen LogP contribution in [0.5, 0.6) is 0 Å². The monoisotopic (exact) mass is 443 g/mol. The van der Waals surface area contributed by atoms with Crippen LogP contribution < -0.4 is 4.72 Å². The van der Waals surface area contributed by atoms with Crippen molar-refractivity contribution < 1.29 is 4.79 Å². The Balaban J connectivity index is 1.17. The summed E-state index contributed by atoms with van der Waals surface area (Å²) in [5, 5.41) is 3.06. The summed E-state index contributed by atoms with van der Waals surface area (Å²) >= 11 is 7.66. The van der Waals surface area contributed by atoms with E-state index in [0.29, 0.717) is 11.9 Å². The number of hydrogen-bond donors (Lipinski definition) is 1. The van der Waals surface area contributed by atoms with E-state index in [-0.39, 0.29) is 6.04 Å². The van der Waals surface area contributed by atoms with Crippen LogP contribution in [0.4, 0.5) is 0 Å². The van der Waals surface area contributed by atoms with Crippen molar-refractivity contribution >= 4 is 40.2 Å². The highest BCUT2D eigenvalue weighted by atomic mass is 35.5. The smallest absolute Gasteiger partial charge is 0.240 e. The van der Waals surface area contributed by atoms with Gasteiger partial charge in [0.25, 0.3) is 0 Å². The van der Waals surface area contributed by atoms with Crippen LogP contribution in [0.1, 0.15) is 44.9 Å². The molecule has 1 N–H and O–H groups in total. The summed E-state index contributed by atoms with van der Waals surface area (Å²) in [6, 6.07) is 13.5. The second-order valence-corrected chi connectivity index (χ2v) is 10.3. The molecule has 1 amide bonds. The topological polar surface area (TPSA) is 35.6 Å². The summed E-state index contributed by atoms with van der Waals surface area (Å²) in [7, 11) is 0. The van der Waals surface area contributed by atoms with Gasteiger partial charge in [-0.2, -0.15) is 0 Å². The molecule has 0 bridgehead atoms. The number of nitrogens with zero attached hydrogens (tertiary/aromatic N) is 2. The average Bonchev–Trinajstić information content (AvgIpc) is 2.72. The van der Waals surface area contributed by atoms with Gasteiger partial charge in [-0.15, -0.1) is 0 Å². The molecule has 2 aromatic carbocycles. The number of nitrogens with one attached hydrogen (secondary N) is 1. The maximum absolute atomic E-state index is 13.2. The van der Waals surface area contributed by atoms with Crippen molar-refractivity contribution in [1.82, 2.24) is 14.5 Å². The molecule has 160 valence electrons. The molecule has 2 aliphatic heterocycles. The largest absolute Gasteiger partial charge is 0.338 e. The second kappa shape index (κ2) is 9.07. The van der Waals surface area contributed by atoms with Crippen LogP contribution in [-0.4, -0.2) is 53.5 Å². The van der Waals surface area contributed by atoms with Gasteiger partial charge in [0.05, 0.1) is 6.04 Å². The summed E-state index contributed by atoms with van der Waals surface area (Å²) in [6.07, 6.45) is 8.42. The van der Waals surface area contributed by atoms with Gasteiger partial charge in [0.15, 0.2) is 0 Å². The molecule has 3 aliphatic rings. The predicted molar refractivity (Wildman–Crippen MR) is 125 cm³/mol. The molecule has 5 rings (SSSR count). The Bertz CT molecular complexity index is 910. The van der Waals surface area contributed by atoms with Gasteiger partial charge in [-0.05, 0) is 85.5 Å². The average molecular weight is 444 g/mol. The van der Waals surface area contributed by atoms with E-state index in [0.717, 1.165) is 66.7 Å². The van der Waals surface area contributed by atoms with E-state index < -0.39 is 0 Å². The van der Waals surface area contributed by atoms with E-state index in [9.17, 15) is 4.79 Å². The van der Waals surface area contributed by atoms with E-state index in [1.807, 2.05) is 18.2 Å². The van der Waals surface area contributed by atoms with Crippen molar-refractivity contribution in [2.75, 3.05) is 19.6 Å². The maximum atomic E-state index is 13.2. The lowest BCUT2D eigenvalue weighted by atomic mass is 9.89. The Kier molecular flexibility index (Phi) is 6.24. The van der Waals surface area contributed by atoms with Crippen molar-refractivity contribution in [3.8, 4) is 0 Å². The molecule has 1 atom stereocenters. The number of benzene rings is 2. The zero-order valence-electron chi connectivity index (χ0n) is 17.4. The van der Waals surface area contributed by atoms with Crippen LogP contribution >= 0.6 is 23.5 Å². The summed E-state index contributed by atoms with van der Waals surface area (Å²) < 4.78 is 3.47. The van der Waals surface area contributed by atoms with Crippen LogP contribution in [0.15, 0.2) is 41.3 Å². The van der Waals surface area contributed by atoms with Gasteiger partial charge in [0, 0.05) is 41.6 Å². The van der Waals surface area contributed by atoms with E-state index in [2.05, 4.69) is 32.7 Å². The summed E-state index contributed by atoms with van der Waals surface area (Å²) in [6.45, 7) is 3.24. The van der Waals surface area contributed by atoms with Gasteiger partial charge in [-0.3, -0.25) is 4.79 Å².